The monoisotopic (exact) mass is 280 g/mol. The molecule has 110 valence electrons. The Morgan fingerprint density at radius 2 is 1.63 bits per heavy atom. The van der Waals surface area contributed by atoms with Crippen molar-refractivity contribution in [2.45, 2.75) is 70.9 Å². The number of hydrogen-bond acceptors (Lipinski definition) is 1. The lowest BCUT2D eigenvalue weighted by Gasteiger charge is -2.39. The van der Waals surface area contributed by atoms with Crippen molar-refractivity contribution in [1.29, 1.82) is 0 Å². The zero-order chi connectivity index (χ0) is 14.3. The van der Waals surface area contributed by atoms with Gasteiger partial charge in [-0.2, -0.15) is 0 Å². The normalized spacial score (nSPS) is 30.6. The highest BCUT2D eigenvalue weighted by Gasteiger charge is 2.39. The minimum absolute atomic E-state index is 0.354. The van der Waals surface area contributed by atoms with E-state index >= 15 is 0 Å². The summed E-state index contributed by atoms with van der Waals surface area (Å²) in [5.74, 6) is 2.68. The Hall–Kier alpha value is -0.0831. The van der Waals surface area contributed by atoms with Crippen LogP contribution >= 0.6 is 0 Å². The zero-order valence-corrected chi connectivity index (χ0v) is 14.9. The summed E-state index contributed by atoms with van der Waals surface area (Å²) >= 11 is 0. The van der Waals surface area contributed by atoms with Gasteiger partial charge in [0.2, 0.25) is 0 Å². The summed E-state index contributed by atoms with van der Waals surface area (Å²) in [5, 5.41) is 0.708. The van der Waals surface area contributed by atoms with Crippen molar-refractivity contribution < 1.29 is 4.43 Å². The van der Waals surface area contributed by atoms with Gasteiger partial charge in [0.1, 0.15) is 0 Å². The number of rotatable bonds is 4. The first-order valence-electron chi connectivity index (χ1n) is 7.98. The summed E-state index contributed by atoms with van der Waals surface area (Å²) < 4.78 is 6.46. The Bertz CT molecular complexity index is 320. The average molecular weight is 281 g/mol. The lowest BCUT2D eigenvalue weighted by molar-refractivity contribution is 0.241. The second-order valence-corrected chi connectivity index (χ2v) is 13.4. The van der Waals surface area contributed by atoms with E-state index in [1.165, 1.54) is 19.3 Å². The van der Waals surface area contributed by atoms with E-state index in [-0.39, 0.29) is 0 Å². The third-order valence-electron chi connectivity index (χ3n) is 4.76. The van der Waals surface area contributed by atoms with Crippen LogP contribution < -0.4 is 0 Å². The summed E-state index contributed by atoms with van der Waals surface area (Å²) in [7, 11) is -1.21. The van der Waals surface area contributed by atoms with Crippen LogP contribution in [0.15, 0.2) is 12.2 Å². The molecule has 0 aromatic carbocycles. The van der Waals surface area contributed by atoms with Gasteiger partial charge in [-0.1, -0.05) is 53.7 Å². The lowest BCUT2D eigenvalue weighted by Crippen LogP contribution is -2.38. The molecule has 1 saturated carbocycles. The molecule has 2 bridgehead atoms. The van der Waals surface area contributed by atoms with Crippen LogP contribution in [0.3, 0.4) is 0 Å². The van der Waals surface area contributed by atoms with E-state index in [1.54, 1.807) is 0 Å². The number of fused-ring (bicyclic) bond motifs is 2. The van der Waals surface area contributed by atoms with Crippen molar-refractivity contribution in [2.75, 3.05) is 6.61 Å². The molecule has 0 spiro atoms. The second-order valence-electron chi connectivity index (χ2n) is 8.81. The van der Waals surface area contributed by atoms with Gasteiger partial charge in [-0.15, -0.1) is 0 Å². The molecule has 2 aliphatic rings. The van der Waals surface area contributed by atoms with Crippen LogP contribution in [0.1, 0.15) is 60.8 Å². The fraction of sp³-hybridized carbons (Fsp3) is 0.882. The molecule has 1 nitrogen and oxygen atoms in total. The minimum atomic E-state index is -1.21. The van der Waals surface area contributed by atoms with E-state index in [1.807, 2.05) is 0 Å². The predicted molar refractivity (Wildman–Crippen MR) is 86.0 cm³/mol. The van der Waals surface area contributed by atoms with Gasteiger partial charge < -0.3 is 4.43 Å². The smallest absolute Gasteiger partial charge is 0.187 e. The van der Waals surface area contributed by atoms with Crippen LogP contribution in [0.4, 0.5) is 0 Å². The molecule has 0 N–H and O–H groups in total. The molecule has 0 radical (unpaired) electrons. The minimum Gasteiger partial charge on any atom is -0.419 e. The first-order valence-corrected chi connectivity index (χ1v) is 9.60. The maximum Gasteiger partial charge on any atom is 0.187 e. The molecule has 0 heterocycles. The molecule has 2 aliphatic carbocycles. The predicted octanol–water partition coefficient (Wildman–Crippen LogP) is 4.93. The van der Waals surface area contributed by atoms with Gasteiger partial charge in [-0.05, 0) is 47.1 Å². The Labute approximate surface area is 121 Å². The van der Waals surface area contributed by atoms with Gasteiger partial charge in [-0.3, -0.25) is 0 Å². The van der Waals surface area contributed by atoms with Gasteiger partial charge >= 0.3 is 0 Å². The van der Waals surface area contributed by atoms with Crippen LogP contribution in [0.2, 0.25) is 10.1 Å². The quantitative estimate of drug-likeness (QED) is 0.524. The van der Waals surface area contributed by atoms with Gasteiger partial charge in [0.15, 0.2) is 9.04 Å². The molecule has 2 rings (SSSR count). The first kappa shape index (κ1) is 15.3. The fourth-order valence-electron chi connectivity index (χ4n) is 4.36. The van der Waals surface area contributed by atoms with Crippen molar-refractivity contribution >= 4 is 9.04 Å². The molecule has 0 aromatic rings. The maximum atomic E-state index is 6.46. The van der Waals surface area contributed by atoms with Crippen LogP contribution in [0, 0.1) is 17.8 Å². The van der Waals surface area contributed by atoms with E-state index < -0.39 is 9.04 Å². The fourth-order valence-corrected chi connectivity index (χ4v) is 8.33. The van der Waals surface area contributed by atoms with Gasteiger partial charge in [0.25, 0.3) is 0 Å². The third-order valence-corrected chi connectivity index (χ3v) is 8.48. The van der Waals surface area contributed by atoms with E-state index in [0.29, 0.717) is 10.1 Å². The zero-order valence-electron chi connectivity index (χ0n) is 13.7. The molecule has 1 fully saturated rings. The molecular weight excluding hydrogens is 248 g/mol. The van der Waals surface area contributed by atoms with E-state index in [0.717, 1.165) is 24.4 Å². The molecule has 19 heavy (non-hydrogen) atoms. The van der Waals surface area contributed by atoms with Crippen LogP contribution in [-0.4, -0.2) is 15.6 Å². The topological polar surface area (TPSA) is 9.23 Å². The first-order chi connectivity index (χ1) is 8.68. The molecule has 0 aromatic heterocycles. The van der Waals surface area contributed by atoms with Crippen LogP contribution in [-0.2, 0) is 4.43 Å². The van der Waals surface area contributed by atoms with Crippen LogP contribution in [0.5, 0.6) is 0 Å². The Morgan fingerprint density at radius 1 is 1.00 bits per heavy atom. The standard InChI is InChI=1S/C17H32OSi/c1-16(2,3)19(17(4,5)6)18-10-9-15-12-13-7-8-14(15)11-13/h7-8,13-15,19H,9-12H2,1-6H3. The van der Waals surface area contributed by atoms with Crippen molar-refractivity contribution in [2.24, 2.45) is 17.8 Å². The Balaban J connectivity index is 1.82. The number of allylic oxidation sites excluding steroid dienone is 2. The van der Waals surface area contributed by atoms with Crippen molar-refractivity contribution in [3.8, 4) is 0 Å². The van der Waals surface area contributed by atoms with E-state index in [2.05, 4.69) is 53.7 Å². The molecular formula is C17H32OSi. The summed E-state index contributed by atoms with van der Waals surface area (Å²) in [6, 6.07) is 0. The maximum absolute atomic E-state index is 6.46. The van der Waals surface area contributed by atoms with Crippen molar-refractivity contribution in [3.63, 3.8) is 0 Å². The summed E-state index contributed by atoms with van der Waals surface area (Å²) in [5.41, 5.74) is 0. The highest BCUT2D eigenvalue weighted by molar-refractivity contribution is 6.58. The molecule has 0 saturated heterocycles. The average Bonchev–Trinajstić information content (AvgIpc) is 2.81. The van der Waals surface area contributed by atoms with Gasteiger partial charge in [0.05, 0.1) is 0 Å². The highest BCUT2D eigenvalue weighted by Crippen LogP contribution is 2.46. The van der Waals surface area contributed by atoms with Crippen molar-refractivity contribution in [1.82, 2.24) is 0 Å². The lowest BCUT2D eigenvalue weighted by atomic mass is 9.91. The van der Waals surface area contributed by atoms with Gasteiger partial charge in [-0.25, -0.2) is 0 Å². The van der Waals surface area contributed by atoms with Crippen LogP contribution in [0.25, 0.3) is 0 Å². The summed E-state index contributed by atoms with van der Waals surface area (Å²) in [4.78, 5) is 0. The van der Waals surface area contributed by atoms with E-state index in [9.17, 15) is 0 Å². The SMILES string of the molecule is CC(C)(C)[SiH](OCCC1CC2C=CC1C2)C(C)(C)C. The molecule has 3 atom stereocenters. The van der Waals surface area contributed by atoms with Gasteiger partial charge in [0, 0.05) is 6.61 Å². The summed E-state index contributed by atoms with van der Waals surface area (Å²) in [6.45, 7) is 15.1. The molecule has 3 unspecified atom stereocenters. The Kier molecular flexibility index (Phi) is 4.32. The largest absolute Gasteiger partial charge is 0.419 e. The van der Waals surface area contributed by atoms with E-state index in [4.69, 9.17) is 4.43 Å². The molecule has 2 heteroatoms. The third kappa shape index (κ3) is 3.72. The molecule has 0 amide bonds. The second kappa shape index (κ2) is 5.36. The summed E-state index contributed by atoms with van der Waals surface area (Å²) in [6.07, 6.45) is 9.01. The highest BCUT2D eigenvalue weighted by atomic mass is 28.3. The Morgan fingerprint density at radius 3 is 2.05 bits per heavy atom. The number of hydrogen-bond donors (Lipinski definition) is 0. The molecule has 0 aliphatic heterocycles. The van der Waals surface area contributed by atoms with Crippen molar-refractivity contribution in [3.05, 3.63) is 12.2 Å².